The zero-order valence-electron chi connectivity index (χ0n) is 7.13. The van der Waals surface area contributed by atoms with Crippen molar-refractivity contribution in [3.63, 3.8) is 0 Å². The molecule has 0 spiro atoms. The van der Waals surface area contributed by atoms with Crippen LogP contribution >= 0.6 is 0 Å². The number of ether oxygens (including phenoxy) is 2. The van der Waals surface area contributed by atoms with Crippen LogP contribution in [-0.4, -0.2) is 26.3 Å². The minimum absolute atomic E-state index is 0.141. The summed E-state index contributed by atoms with van der Waals surface area (Å²) in [4.78, 5) is 11.4. The topological polar surface area (TPSA) is 35.5 Å². The second-order valence-corrected chi connectivity index (χ2v) is 3.55. The molecular weight excluding hydrogens is 156 g/mol. The zero-order chi connectivity index (χ0) is 8.77. The highest BCUT2D eigenvalue weighted by atomic mass is 16.5. The van der Waals surface area contributed by atoms with Gasteiger partial charge in [0, 0.05) is 5.92 Å². The molecule has 2 aliphatic rings. The predicted octanol–water partition coefficient (Wildman–Crippen LogP) is 0.752. The minimum Gasteiger partial charge on any atom is -0.468 e. The number of hydrogen-bond donors (Lipinski definition) is 0. The Hall–Kier alpha value is -0.830. The van der Waals surface area contributed by atoms with Gasteiger partial charge in [-0.25, -0.2) is 0 Å². The Bertz CT molecular complexity index is 246. The lowest BCUT2D eigenvalue weighted by molar-refractivity contribution is -0.157. The van der Waals surface area contributed by atoms with Crippen molar-refractivity contribution in [3.05, 3.63) is 12.2 Å². The Morgan fingerprint density at radius 3 is 3.17 bits per heavy atom. The molecule has 2 rings (SSSR count). The summed E-state index contributed by atoms with van der Waals surface area (Å²) in [6, 6.07) is 0. The molecule has 0 aromatic rings. The second-order valence-electron chi connectivity index (χ2n) is 3.55. The van der Waals surface area contributed by atoms with Gasteiger partial charge in [-0.2, -0.15) is 0 Å². The van der Waals surface area contributed by atoms with Crippen LogP contribution in [0.5, 0.6) is 0 Å². The van der Waals surface area contributed by atoms with Crippen LogP contribution in [0.15, 0.2) is 12.2 Å². The van der Waals surface area contributed by atoms with Gasteiger partial charge < -0.3 is 9.47 Å². The molecule has 0 bridgehead atoms. The van der Waals surface area contributed by atoms with Gasteiger partial charge in [-0.1, -0.05) is 12.2 Å². The van der Waals surface area contributed by atoms with Gasteiger partial charge in [-0.3, -0.25) is 4.79 Å². The van der Waals surface area contributed by atoms with Crippen molar-refractivity contribution in [1.29, 1.82) is 0 Å². The van der Waals surface area contributed by atoms with Crippen molar-refractivity contribution in [3.8, 4) is 0 Å². The van der Waals surface area contributed by atoms with Crippen LogP contribution in [0.2, 0.25) is 0 Å². The third-order valence-electron chi connectivity index (χ3n) is 2.94. The number of fused-ring (bicyclic) bond motifs is 1. The van der Waals surface area contributed by atoms with E-state index in [0.717, 1.165) is 12.0 Å². The molecule has 66 valence electrons. The highest BCUT2D eigenvalue weighted by Crippen LogP contribution is 2.54. The lowest BCUT2D eigenvalue weighted by Gasteiger charge is -2.42. The number of rotatable bonds is 1. The van der Waals surface area contributed by atoms with E-state index in [0.29, 0.717) is 13.2 Å². The number of esters is 1. The molecule has 3 nitrogen and oxygen atoms in total. The third-order valence-corrected chi connectivity index (χ3v) is 2.94. The number of carbonyl (C=O) groups excluding carboxylic acids is 1. The van der Waals surface area contributed by atoms with E-state index in [4.69, 9.17) is 9.47 Å². The van der Waals surface area contributed by atoms with Gasteiger partial charge in [-0.05, 0) is 6.42 Å². The largest absolute Gasteiger partial charge is 0.468 e. The first-order valence-electron chi connectivity index (χ1n) is 4.04. The van der Waals surface area contributed by atoms with Crippen LogP contribution in [0.1, 0.15) is 6.42 Å². The summed E-state index contributed by atoms with van der Waals surface area (Å²) in [5.74, 6) is 0.0716. The van der Waals surface area contributed by atoms with Crippen molar-refractivity contribution in [2.24, 2.45) is 11.3 Å². The first-order chi connectivity index (χ1) is 5.70. The van der Waals surface area contributed by atoms with Crippen LogP contribution in [0.25, 0.3) is 0 Å². The molecular formula is C9H12O3. The van der Waals surface area contributed by atoms with E-state index in [1.807, 2.05) is 0 Å². The molecule has 2 fully saturated rings. The number of carbonyl (C=O) groups is 1. The lowest BCUT2D eigenvalue weighted by Crippen LogP contribution is -2.48. The summed E-state index contributed by atoms with van der Waals surface area (Å²) in [6.45, 7) is 5.01. The SMILES string of the molecule is C=C1C[C@@]2(C(=O)OC)COC[C@@H]12. The summed E-state index contributed by atoms with van der Waals surface area (Å²) >= 11 is 0. The first-order valence-corrected chi connectivity index (χ1v) is 4.04. The van der Waals surface area contributed by atoms with E-state index < -0.39 is 0 Å². The standard InChI is InChI=1S/C9H12O3/c1-6-3-9(8(10)11-2)5-12-4-7(6)9/h7H,1,3-5H2,2H3/t7-,9+/m0/s1. The molecule has 2 atom stereocenters. The fourth-order valence-electron chi connectivity index (χ4n) is 2.18. The quantitative estimate of drug-likeness (QED) is 0.428. The van der Waals surface area contributed by atoms with Crippen molar-refractivity contribution in [1.82, 2.24) is 0 Å². The molecule has 1 heterocycles. The van der Waals surface area contributed by atoms with Crippen LogP contribution in [-0.2, 0) is 14.3 Å². The van der Waals surface area contributed by atoms with Crippen molar-refractivity contribution >= 4 is 5.97 Å². The van der Waals surface area contributed by atoms with Crippen molar-refractivity contribution in [2.75, 3.05) is 20.3 Å². The molecule has 0 N–H and O–H groups in total. The molecule has 12 heavy (non-hydrogen) atoms. The van der Waals surface area contributed by atoms with Crippen molar-refractivity contribution in [2.45, 2.75) is 6.42 Å². The summed E-state index contributed by atoms with van der Waals surface area (Å²) < 4.78 is 10.0. The highest BCUT2D eigenvalue weighted by molar-refractivity contribution is 5.81. The molecule has 0 aromatic heterocycles. The Morgan fingerprint density at radius 2 is 2.58 bits per heavy atom. The molecule has 3 heteroatoms. The van der Waals surface area contributed by atoms with E-state index >= 15 is 0 Å². The smallest absolute Gasteiger partial charge is 0.315 e. The fraction of sp³-hybridized carbons (Fsp3) is 0.667. The normalized spacial score (nSPS) is 38.8. The van der Waals surface area contributed by atoms with E-state index in [2.05, 4.69) is 6.58 Å². The molecule has 1 saturated heterocycles. The molecule has 1 aliphatic carbocycles. The zero-order valence-corrected chi connectivity index (χ0v) is 7.13. The summed E-state index contributed by atoms with van der Waals surface area (Å²) in [7, 11) is 1.42. The molecule has 0 aromatic carbocycles. The fourth-order valence-corrected chi connectivity index (χ4v) is 2.18. The predicted molar refractivity (Wildman–Crippen MR) is 42.5 cm³/mol. The number of hydrogen-bond acceptors (Lipinski definition) is 3. The summed E-state index contributed by atoms with van der Waals surface area (Å²) in [5.41, 5.74) is 0.754. The average molecular weight is 168 g/mol. The monoisotopic (exact) mass is 168 g/mol. The van der Waals surface area contributed by atoms with Crippen molar-refractivity contribution < 1.29 is 14.3 Å². The van der Waals surface area contributed by atoms with E-state index in [-0.39, 0.29) is 17.3 Å². The number of methoxy groups -OCH3 is 1. The van der Waals surface area contributed by atoms with Crippen LogP contribution < -0.4 is 0 Å². The maximum absolute atomic E-state index is 11.4. The average Bonchev–Trinajstić information content (AvgIpc) is 2.41. The van der Waals surface area contributed by atoms with Crippen LogP contribution in [0.3, 0.4) is 0 Å². The maximum atomic E-state index is 11.4. The van der Waals surface area contributed by atoms with E-state index in [1.165, 1.54) is 7.11 Å². The van der Waals surface area contributed by atoms with Gasteiger partial charge >= 0.3 is 5.97 Å². The third kappa shape index (κ3) is 0.719. The van der Waals surface area contributed by atoms with E-state index in [9.17, 15) is 4.79 Å². The van der Waals surface area contributed by atoms with Gasteiger partial charge in [0.2, 0.25) is 0 Å². The van der Waals surface area contributed by atoms with Crippen LogP contribution in [0, 0.1) is 11.3 Å². The highest BCUT2D eigenvalue weighted by Gasteiger charge is 2.59. The maximum Gasteiger partial charge on any atom is 0.315 e. The Balaban J connectivity index is 2.22. The Labute approximate surface area is 71.3 Å². The molecule has 0 unspecified atom stereocenters. The van der Waals surface area contributed by atoms with Crippen LogP contribution in [0.4, 0.5) is 0 Å². The molecule has 0 radical (unpaired) electrons. The van der Waals surface area contributed by atoms with Gasteiger partial charge in [0.05, 0.1) is 20.3 Å². The lowest BCUT2D eigenvalue weighted by atomic mass is 9.59. The molecule has 0 amide bonds. The summed E-state index contributed by atoms with van der Waals surface area (Å²) in [5, 5.41) is 0. The van der Waals surface area contributed by atoms with E-state index in [1.54, 1.807) is 0 Å². The Kier molecular flexibility index (Phi) is 1.51. The molecule has 1 saturated carbocycles. The van der Waals surface area contributed by atoms with Gasteiger partial charge in [0.15, 0.2) is 0 Å². The van der Waals surface area contributed by atoms with Gasteiger partial charge in [0.25, 0.3) is 0 Å². The first kappa shape index (κ1) is 7.80. The van der Waals surface area contributed by atoms with Gasteiger partial charge in [-0.15, -0.1) is 0 Å². The van der Waals surface area contributed by atoms with Gasteiger partial charge in [0.1, 0.15) is 5.41 Å². The summed E-state index contributed by atoms with van der Waals surface area (Å²) in [6.07, 6.45) is 0.740. The minimum atomic E-state index is -0.369. The second kappa shape index (κ2) is 2.33. The molecule has 1 aliphatic heterocycles. The Morgan fingerprint density at radius 1 is 1.83 bits per heavy atom.